The van der Waals surface area contributed by atoms with Gasteiger partial charge in [-0.05, 0) is 49.3 Å². The molecule has 9 nitrogen and oxygen atoms in total. The van der Waals surface area contributed by atoms with Gasteiger partial charge in [0.05, 0.1) is 18.3 Å². The van der Waals surface area contributed by atoms with Gasteiger partial charge in [0.25, 0.3) is 0 Å². The molecule has 216 valence electrons. The molecule has 0 radical (unpaired) electrons. The summed E-state index contributed by atoms with van der Waals surface area (Å²) in [6, 6.07) is 7.64. The Hall–Kier alpha value is -3.17. The molecule has 2 unspecified atom stereocenters. The van der Waals surface area contributed by atoms with Crippen molar-refractivity contribution in [3.05, 3.63) is 52.3 Å². The molecule has 1 saturated heterocycles. The van der Waals surface area contributed by atoms with Crippen LogP contribution >= 0.6 is 12.4 Å². The summed E-state index contributed by atoms with van der Waals surface area (Å²) in [6.45, 7) is 9.22. The number of β-amino-alcohol motifs (C(OH)–C–C–N with tert-alkyl or cyclic N) is 1. The number of carboxylic acids is 1. The van der Waals surface area contributed by atoms with Crippen LogP contribution in [0.15, 0.2) is 24.3 Å². The first-order valence-electron chi connectivity index (χ1n) is 13.8. The number of aliphatic hydroxyl groups excluding tert-OH is 1. The van der Waals surface area contributed by atoms with Crippen LogP contribution in [0.2, 0.25) is 0 Å². The molecule has 0 spiro atoms. The monoisotopic (exact) mass is 570 g/mol. The van der Waals surface area contributed by atoms with E-state index >= 15 is 0 Å². The number of ketones is 1. The fourth-order valence-electron chi connectivity index (χ4n) is 5.38. The third-order valence-corrected chi connectivity index (χ3v) is 7.84. The van der Waals surface area contributed by atoms with Crippen molar-refractivity contribution in [3.8, 4) is 5.75 Å². The van der Waals surface area contributed by atoms with Crippen molar-refractivity contribution in [1.82, 2.24) is 9.88 Å². The Labute approximate surface area is 241 Å². The first-order chi connectivity index (χ1) is 18.5. The van der Waals surface area contributed by atoms with Gasteiger partial charge in [-0.1, -0.05) is 33.8 Å². The van der Waals surface area contributed by atoms with Crippen LogP contribution in [0.3, 0.4) is 0 Å². The average molecular weight is 571 g/mol. The summed E-state index contributed by atoms with van der Waals surface area (Å²) in [5.41, 5.74) is 4.04. The number of rotatable bonds is 9. The van der Waals surface area contributed by atoms with Gasteiger partial charge in [-0.2, -0.15) is 0 Å². The molecule has 3 heterocycles. The van der Waals surface area contributed by atoms with E-state index in [0.29, 0.717) is 54.7 Å². The summed E-state index contributed by atoms with van der Waals surface area (Å²) in [7, 11) is 0. The number of anilines is 1. The molecule has 1 aromatic carbocycles. The van der Waals surface area contributed by atoms with E-state index in [2.05, 4.69) is 0 Å². The second-order valence-electron chi connectivity index (χ2n) is 12.0. The lowest BCUT2D eigenvalue weighted by atomic mass is 9.84. The number of ether oxygens (including phenoxy) is 1. The summed E-state index contributed by atoms with van der Waals surface area (Å²) in [5, 5.41) is 28.7. The predicted molar refractivity (Wildman–Crippen MR) is 155 cm³/mol. The number of amidine groups is 1. The van der Waals surface area contributed by atoms with Crippen molar-refractivity contribution in [2.45, 2.75) is 83.5 Å². The van der Waals surface area contributed by atoms with Crippen molar-refractivity contribution in [3.63, 3.8) is 0 Å². The molecular weight excluding hydrogens is 532 g/mol. The quantitative estimate of drug-likeness (QED) is 0.376. The molecule has 2 aromatic rings. The number of pyridine rings is 1. The molecule has 3 N–H and O–H groups in total. The van der Waals surface area contributed by atoms with Crippen molar-refractivity contribution < 1.29 is 24.5 Å². The maximum absolute atomic E-state index is 13.7. The number of nitrogens with one attached hydrogen (secondary N) is 1. The number of nitrogens with zero attached hydrogens (tertiary/aromatic N) is 3. The highest BCUT2D eigenvalue weighted by atomic mass is 35.5. The summed E-state index contributed by atoms with van der Waals surface area (Å²) in [6.07, 6.45) is 1.61. The minimum absolute atomic E-state index is 0. The van der Waals surface area contributed by atoms with Crippen LogP contribution in [0.5, 0.6) is 5.75 Å². The number of fused-ring (bicyclic) bond motifs is 1. The number of carbonyl (C=O) groups excluding carboxylic acids is 1. The lowest BCUT2D eigenvalue weighted by Gasteiger charge is -2.31. The zero-order chi connectivity index (χ0) is 28.1. The van der Waals surface area contributed by atoms with Crippen molar-refractivity contribution in [2.24, 2.45) is 0 Å². The van der Waals surface area contributed by atoms with Crippen molar-refractivity contribution in [1.29, 1.82) is 5.41 Å². The highest BCUT2D eigenvalue weighted by Crippen LogP contribution is 2.43. The second kappa shape index (κ2) is 11.4. The highest BCUT2D eigenvalue weighted by Gasteiger charge is 2.34. The van der Waals surface area contributed by atoms with Gasteiger partial charge in [0.1, 0.15) is 17.3 Å². The number of halogens is 1. The first-order valence-corrected chi connectivity index (χ1v) is 13.8. The van der Waals surface area contributed by atoms with Gasteiger partial charge in [-0.15, -0.1) is 12.4 Å². The molecule has 1 saturated carbocycles. The number of hydrogen-bond acceptors (Lipinski definition) is 7. The molecule has 1 aromatic heterocycles. The lowest BCUT2D eigenvalue weighted by molar-refractivity contribution is -0.145. The van der Waals surface area contributed by atoms with E-state index in [0.717, 1.165) is 29.7 Å². The molecule has 5 rings (SSSR count). The Morgan fingerprint density at radius 1 is 1.20 bits per heavy atom. The lowest BCUT2D eigenvalue weighted by Crippen LogP contribution is -2.32. The molecule has 2 fully saturated rings. The van der Waals surface area contributed by atoms with Gasteiger partial charge in [0.2, 0.25) is 0 Å². The Morgan fingerprint density at radius 2 is 1.93 bits per heavy atom. The average Bonchev–Trinajstić information content (AvgIpc) is 3.58. The van der Waals surface area contributed by atoms with Crippen LogP contribution in [0.1, 0.15) is 92.2 Å². The smallest absolute Gasteiger partial charge is 0.344 e. The Balaban J connectivity index is 0.00000370. The van der Waals surface area contributed by atoms with E-state index in [4.69, 9.17) is 15.1 Å². The fraction of sp³-hybridized carbons (Fsp3) is 0.533. The number of carbonyl (C=O) groups is 2. The predicted octanol–water partition coefficient (Wildman–Crippen LogP) is 4.52. The van der Waals surface area contributed by atoms with Gasteiger partial charge in [0, 0.05) is 47.9 Å². The maximum Gasteiger partial charge on any atom is 0.344 e. The topological polar surface area (TPSA) is 127 Å². The van der Waals surface area contributed by atoms with Crippen LogP contribution in [0.4, 0.5) is 5.69 Å². The normalized spacial score (nSPS) is 19.3. The van der Waals surface area contributed by atoms with E-state index in [1.165, 1.54) is 0 Å². The van der Waals surface area contributed by atoms with Gasteiger partial charge in [-0.25, -0.2) is 9.78 Å². The van der Waals surface area contributed by atoms with Crippen LogP contribution in [0.25, 0.3) is 0 Å². The molecule has 0 bridgehead atoms. The number of benzene rings is 1. The number of carboxylic acid groups (broad SMARTS) is 1. The SMILES string of the molecule is CCC(Oc1c(N2CCC(O)C2)cc(C(=O)CN2Cc3ccc(C4CC4)nc3C2=N)cc1C(C)(C)C)C(=O)O.Cl. The minimum atomic E-state index is -1.05. The largest absolute Gasteiger partial charge is 0.479 e. The third-order valence-electron chi connectivity index (χ3n) is 7.84. The summed E-state index contributed by atoms with van der Waals surface area (Å²) in [4.78, 5) is 34.1. The second-order valence-corrected chi connectivity index (χ2v) is 12.0. The van der Waals surface area contributed by atoms with Gasteiger partial charge in [-0.3, -0.25) is 10.2 Å². The first kappa shape index (κ1) is 29.8. The number of aliphatic carboxylic acids is 1. The van der Waals surface area contributed by atoms with E-state index in [9.17, 15) is 19.8 Å². The molecule has 2 atom stereocenters. The Morgan fingerprint density at radius 3 is 2.50 bits per heavy atom. The molecule has 0 amide bonds. The third kappa shape index (κ3) is 5.95. The summed E-state index contributed by atoms with van der Waals surface area (Å²) < 4.78 is 6.14. The highest BCUT2D eigenvalue weighted by molar-refractivity contribution is 6.05. The summed E-state index contributed by atoms with van der Waals surface area (Å²) >= 11 is 0. The fourth-order valence-corrected chi connectivity index (χ4v) is 5.38. The Bertz CT molecular complexity index is 1320. The van der Waals surface area contributed by atoms with E-state index < -0.39 is 23.6 Å². The van der Waals surface area contributed by atoms with Crippen LogP contribution in [-0.2, 0) is 16.8 Å². The van der Waals surface area contributed by atoms with Crippen LogP contribution < -0.4 is 9.64 Å². The van der Waals surface area contributed by atoms with Crippen LogP contribution in [0, 0.1) is 5.41 Å². The van der Waals surface area contributed by atoms with Crippen molar-refractivity contribution in [2.75, 3.05) is 24.5 Å². The molecule has 1 aliphatic carbocycles. The molecule has 40 heavy (non-hydrogen) atoms. The Kier molecular flexibility index (Phi) is 8.47. The van der Waals surface area contributed by atoms with Gasteiger partial charge < -0.3 is 24.7 Å². The number of Topliss-reactive ketones (excluding diaryl/α,β-unsaturated/α-hetero) is 1. The number of aliphatic hydroxyl groups is 1. The maximum atomic E-state index is 13.7. The van der Waals surface area contributed by atoms with Crippen LogP contribution in [-0.4, -0.2) is 69.5 Å². The molecular formula is C30H39ClN4O5. The molecule has 2 aliphatic heterocycles. The van der Waals surface area contributed by atoms with Gasteiger partial charge >= 0.3 is 5.97 Å². The summed E-state index contributed by atoms with van der Waals surface area (Å²) in [5.74, 6) is 0.0209. The van der Waals surface area contributed by atoms with E-state index in [1.54, 1.807) is 24.0 Å². The standard InChI is InChI=1S/C30H38N4O5.ClH/c1-5-25(29(37)38)39-27-21(30(2,3)4)12-19(13-23(27)33-11-10-20(35)15-33)24(36)16-34-14-18-8-9-22(17-6-7-17)32-26(18)28(34)31;/h8-9,12-13,17,20,25,31,35H,5-7,10-11,14-16H2,1-4H3,(H,37,38);1H. The van der Waals surface area contributed by atoms with Crippen molar-refractivity contribution >= 4 is 35.7 Å². The van der Waals surface area contributed by atoms with E-state index in [-0.39, 0.29) is 37.0 Å². The minimum Gasteiger partial charge on any atom is -0.479 e. The zero-order valence-corrected chi connectivity index (χ0v) is 24.4. The van der Waals surface area contributed by atoms with Gasteiger partial charge in [0.15, 0.2) is 11.9 Å². The molecule has 10 heteroatoms. The zero-order valence-electron chi connectivity index (χ0n) is 23.6. The number of aromatic nitrogens is 1. The van der Waals surface area contributed by atoms with E-state index in [1.807, 2.05) is 37.8 Å². The molecule has 3 aliphatic rings. The number of hydrogen-bond donors (Lipinski definition) is 3.